The molecule has 0 unspecified atom stereocenters. The molecule has 1 atom stereocenters. The highest BCUT2D eigenvalue weighted by Gasteiger charge is 2.32. The van der Waals surface area contributed by atoms with E-state index in [2.05, 4.69) is 41.8 Å². The molecular weight excluding hydrogens is 288 g/mol. The summed E-state index contributed by atoms with van der Waals surface area (Å²) in [6.45, 7) is 4.52. The zero-order valence-corrected chi connectivity index (χ0v) is 13.7. The molecule has 1 aromatic heterocycles. The van der Waals surface area contributed by atoms with Crippen molar-refractivity contribution in [3.63, 3.8) is 0 Å². The van der Waals surface area contributed by atoms with Crippen molar-refractivity contribution < 1.29 is 9.21 Å². The average Bonchev–Trinajstić information content (AvgIpc) is 3.02. The van der Waals surface area contributed by atoms with Crippen LogP contribution >= 0.6 is 0 Å². The second-order valence-corrected chi connectivity index (χ2v) is 6.41. The van der Waals surface area contributed by atoms with Gasteiger partial charge < -0.3 is 15.1 Å². The minimum Gasteiger partial charge on any atom is -0.467 e. The van der Waals surface area contributed by atoms with Gasteiger partial charge in [0.05, 0.1) is 18.8 Å². The number of hydrogen-bond acceptors (Lipinski definition) is 3. The molecule has 0 saturated heterocycles. The average molecular weight is 312 g/mol. The van der Waals surface area contributed by atoms with Crippen LogP contribution < -0.4 is 10.6 Å². The second-order valence-electron chi connectivity index (χ2n) is 6.41. The number of benzene rings is 1. The molecule has 122 valence electrons. The van der Waals surface area contributed by atoms with E-state index in [-0.39, 0.29) is 11.9 Å². The minimum absolute atomic E-state index is 0.0146. The van der Waals surface area contributed by atoms with Crippen LogP contribution in [0, 0.1) is 6.92 Å². The maximum Gasteiger partial charge on any atom is 0.237 e. The van der Waals surface area contributed by atoms with Gasteiger partial charge >= 0.3 is 0 Å². The van der Waals surface area contributed by atoms with Gasteiger partial charge in [0.1, 0.15) is 5.76 Å². The summed E-state index contributed by atoms with van der Waals surface area (Å²) >= 11 is 0. The first-order chi connectivity index (χ1) is 11.1. The number of carbonyl (C=O) groups is 1. The monoisotopic (exact) mass is 312 g/mol. The van der Waals surface area contributed by atoms with E-state index >= 15 is 0 Å². The van der Waals surface area contributed by atoms with Crippen molar-refractivity contribution in [3.8, 4) is 0 Å². The van der Waals surface area contributed by atoms with Gasteiger partial charge in [-0.2, -0.15) is 0 Å². The molecule has 3 rings (SSSR count). The summed E-state index contributed by atoms with van der Waals surface area (Å²) in [5, 5.41) is 6.32. The number of rotatable bonds is 6. The third-order valence-corrected chi connectivity index (χ3v) is 4.66. The first-order valence-corrected chi connectivity index (χ1v) is 8.25. The summed E-state index contributed by atoms with van der Waals surface area (Å²) in [7, 11) is 0. The largest absolute Gasteiger partial charge is 0.467 e. The Bertz CT molecular complexity index is 645. The fourth-order valence-corrected chi connectivity index (χ4v) is 3.22. The van der Waals surface area contributed by atoms with Gasteiger partial charge in [0.2, 0.25) is 5.91 Å². The van der Waals surface area contributed by atoms with Gasteiger partial charge in [0.25, 0.3) is 0 Å². The number of carbonyl (C=O) groups excluding carboxylic acids is 1. The summed E-state index contributed by atoms with van der Waals surface area (Å²) in [6, 6.07) is 12.5. The molecule has 1 amide bonds. The van der Waals surface area contributed by atoms with Crippen molar-refractivity contribution >= 4 is 5.91 Å². The molecule has 1 heterocycles. The topological polar surface area (TPSA) is 54.3 Å². The van der Waals surface area contributed by atoms with E-state index < -0.39 is 0 Å². The predicted octanol–water partition coefficient (Wildman–Crippen LogP) is 3.13. The van der Waals surface area contributed by atoms with Crippen molar-refractivity contribution in [3.05, 3.63) is 59.5 Å². The van der Waals surface area contributed by atoms with Gasteiger partial charge in [-0.1, -0.05) is 24.3 Å². The fourth-order valence-electron chi connectivity index (χ4n) is 3.22. The predicted molar refractivity (Wildman–Crippen MR) is 90.1 cm³/mol. The van der Waals surface area contributed by atoms with E-state index in [9.17, 15) is 4.79 Å². The molecule has 4 heteroatoms. The van der Waals surface area contributed by atoms with Gasteiger partial charge in [-0.25, -0.2) is 0 Å². The molecule has 0 bridgehead atoms. The molecule has 0 radical (unpaired) electrons. The Morgan fingerprint density at radius 2 is 2.04 bits per heavy atom. The highest BCUT2D eigenvalue weighted by atomic mass is 16.3. The molecule has 4 nitrogen and oxygen atoms in total. The smallest absolute Gasteiger partial charge is 0.237 e. The molecule has 1 fully saturated rings. The standard InChI is InChI=1S/C19H24N2O2/c1-13-6-3-4-8-18(13)15-10-16(11-15)21-14(2)19(22)20-12-17-7-5-9-23-17/h3-9,14-16,21H,10-12H2,1-2H3,(H,20,22)/t14-,15?,16?/m0/s1. The normalized spacial score (nSPS) is 21.5. The highest BCUT2D eigenvalue weighted by molar-refractivity contribution is 5.81. The van der Waals surface area contributed by atoms with Crippen LogP contribution in [0.3, 0.4) is 0 Å². The molecule has 2 aromatic rings. The third kappa shape index (κ3) is 3.82. The molecular formula is C19H24N2O2. The van der Waals surface area contributed by atoms with Crippen molar-refractivity contribution in [1.82, 2.24) is 10.6 Å². The Hall–Kier alpha value is -2.07. The van der Waals surface area contributed by atoms with Crippen molar-refractivity contribution in [2.24, 2.45) is 0 Å². The summed E-state index contributed by atoms with van der Waals surface area (Å²) in [5.41, 5.74) is 2.81. The quantitative estimate of drug-likeness (QED) is 0.861. The van der Waals surface area contributed by atoms with E-state index in [1.807, 2.05) is 19.1 Å². The first kappa shape index (κ1) is 15.8. The second kappa shape index (κ2) is 7.01. The van der Waals surface area contributed by atoms with Crippen LogP contribution in [0.5, 0.6) is 0 Å². The van der Waals surface area contributed by atoms with Crippen LogP contribution in [0.4, 0.5) is 0 Å². The number of aryl methyl sites for hydroxylation is 1. The molecule has 23 heavy (non-hydrogen) atoms. The van der Waals surface area contributed by atoms with E-state index in [0.29, 0.717) is 18.5 Å². The van der Waals surface area contributed by atoms with Crippen molar-refractivity contribution in [1.29, 1.82) is 0 Å². The highest BCUT2D eigenvalue weighted by Crippen LogP contribution is 2.38. The molecule has 1 saturated carbocycles. The van der Waals surface area contributed by atoms with Crippen molar-refractivity contribution in [2.75, 3.05) is 0 Å². The number of furan rings is 1. The Kier molecular flexibility index (Phi) is 4.82. The van der Waals surface area contributed by atoms with Crippen LogP contribution in [0.25, 0.3) is 0 Å². The van der Waals surface area contributed by atoms with Gasteiger partial charge in [-0.15, -0.1) is 0 Å². The summed E-state index contributed by atoms with van der Waals surface area (Å²) < 4.78 is 5.22. The Balaban J connectivity index is 1.42. The van der Waals surface area contributed by atoms with E-state index in [4.69, 9.17) is 4.42 Å². The van der Waals surface area contributed by atoms with Crippen molar-refractivity contribution in [2.45, 2.75) is 51.2 Å². The molecule has 0 spiro atoms. The zero-order chi connectivity index (χ0) is 16.2. The van der Waals surface area contributed by atoms with Gasteiger partial charge in [0.15, 0.2) is 0 Å². The number of hydrogen-bond donors (Lipinski definition) is 2. The maximum absolute atomic E-state index is 12.1. The van der Waals surface area contributed by atoms with E-state index in [1.165, 1.54) is 11.1 Å². The molecule has 0 aliphatic heterocycles. The lowest BCUT2D eigenvalue weighted by molar-refractivity contribution is -0.123. The fraction of sp³-hybridized carbons (Fsp3) is 0.421. The Morgan fingerprint density at radius 1 is 1.26 bits per heavy atom. The minimum atomic E-state index is -0.187. The lowest BCUT2D eigenvalue weighted by Gasteiger charge is -2.38. The van der Waals surface area contributed by atoms with Gasteiger partial charge in [-0.3, -0.25) is 4.79 Å². The lowest BCUT2D eigenvalue weighted by atomic mass is 9.74. The zero-order valence-electron chi connectivity index (χ0n) is 13.7. The summed E-state index contributed by atoms with van der Waals surface area (Å²) in [4.78, 5) is 12.1. The molecule has 1 aromatic carbocycles. The Morgan fingerprint density at radius 3 is 2.74 bits per heavy atom. The maximum atomic E-state index is 12.1. The number of amides is 1. The van der Waals surface area contributed by atoms with E-state index in [1.54, 1.807) is 6.26 Å². The first-order valence-electron chi connectivity index (χ1n) is 8.25. The van der Waals surface area contributed by atoms with Crippen LogP contribution in [-0.2, 0) is 11.3 Å². The number of nitrogens with one attached hydrogen (secondary N) is 2. The van der Waals surface area contributed by atoms with E-state index in [0.717, 1.165) is 18.6 Å². The Labute approximate surface area is 137 Å². The van der Waals surface area contributed by atoms with Crippen LogP contribution in [0.15, 0.2) is 47.1 Å². The molecule has 1 aliphatic rings. The van der Waals surface area contributed by atoms with Crippen LogP contribution in [-0.4, -0.2) is 18.0 Å². The summed E-state index contributed by atoms with van der Waals surface area (Å²) in [6.07, 6.45) is 3.81. The van der Waals surface area contributed by atoms with Crippen LogP contribution in [0.1, 0.15) is 42.6 Å². The van der Waals surface area contributed by atoms with Crippen LogP contribution in [0.2, 0.25) is 0 Å². The molecule has 2 N–H and O–H groups in total. The SMILES string of the molecule is Cc1ccccc1C1CC(N[C@@H](C)C(=O)NCc2ccco2)C1. The summed E-state index contributed by atoms with van der Waals surface area (Å²) in [5.74, 6) is 1.40. The third-order valence-electron chi connectivity index (χ3n) is 4.66. The van der Waals surface area contributed by atoms with Gasteiger partial charge in [0, 0.05) is 6.04 Å². The lowest BCUT2D eigenvalue weighted by Crippen LogP contribution is -2.50. The van der Waals surface area contributed by atoms with Gasteiger partial charge in [-0.05, 0) is 55.9 Å². The molecule has 1 aliphatic carbocycles.